The molecule has 0 amide bonds. The molecule has 1 N–H and O–H groups in total. The number of hydrogen-bond donors (Lipinski definition) is 1. The smallest absolute Gasteiger partial charge is 0.146 e. The number of halogens is 2. The fraction of sp³-hybridized carbons (Fsp3) is 0.231. The summed E-state index contributed by atoms with van der Waals surface area (Å²) in [7, 11) is 0. The summed E-state index contributed by atoms with van der Waals surface area (Å²) in [5, 5.41) is 7.45. The first-order valence-electron chi connectivity index (χ1n) is 5.43. The third-order valence-corrected chi connectivity index (χ3v) is 3.57. The monoisotopic (exact) mass is 269 g/mol. The molecule has 1 unspecified atom stereocenters. The van der Waals surface area contributed by atoms with Crippen molar-refractivity contribution in [3.8, 4) is 0 Å². The highest BCUT2D eigenvalue weighted by molar-refractivity contribution is 7.08. The summed E-state index contributed by atoms with van der Waals surface area (Å²) in [5.74, 6) is -0.341. The first-order chi connectivity index (χ1) is 8.24. The Bertz CT molecular complexity index is 484. The Labute approximate surface area is 109 Å². The molecule has 0 bridgehead atoms. The molecule has 2 rings (SSSR count). The molecule has 4 heteroatoms. The van der Waals surface area contributed by atoms with Crippen molar-refractivity contribution in [3.05, 3.63) is 57.0 Å². The van der Waals surface area contributed by atoms with Gasteiger partial charge >= 0.3 is 0 Å². The molecule has 2 aromatic rings. The van der Waals surface area contributed by atoms with Gasteiger partial charge in [-0.25, -0.2) is 4.39 Å². The molecule has 90 valence electrons. The van der Waals surface area contributed by atoms with Gasteiger partial charge in [0.05, 0.1) is 11.1 Å². The quantitative estimate of drug-likeness (QED) is 0.875. The Balaban J connectivity index is 2.43. The van der Waals surface area contributed by atoms with Gasteiger partial charge in [0.2, 0.25) is 0 Å². The zero-order chi connectivity index (χ0) is 12.3. The summed E-state index contributed by atoms with van der Waals surface area (Å²) in [5.41, 5.74) is 1.66. The highest BCUT2D eigenvalue weighted by Crippen LogP contribution is 2.29. The zero-order valence-electron chi connectivity index (χ0n) is 9.41. The number of thiophene rings is 1. The van der Waals surface area contributed by atoms with Gasteiger partial charge in [0.25, 0.3) is 0 Å². The minimum absolute atomic E-state index is 0.134. The SMILES string of the molecule is CCNC(c1ccsc1)c1cccc(Cl)c1F. The van der Waals surface area contributed by atoms with E-state index >= 15 is 0 Å². The summed E-state index contributed by atoms with van der Waals surface area (Å²) < 4.78 is 14.0. The van der Waals surface area contributed by atoms with Crippen LogP contribution in [0.2, 0.25) is 5.02 Å². The van der Waals surface area contributed by atoms with Gasteiger partial charge in [-0.05, 0) is 35.0 Å². The van der Waals surface area contributed by atoms with E-state index in [4.69, 9.17) is 11.6 Å². The molecule has 1 atom stereocenters. The van der Waals surface area contributed by atoms with Gasteiger partial charge < -0.3 is 5.32 Å². The standard InChI is InChI=1S/C13H13ClFNS/c1-2-16-13(9-6-7-17-8-9)10-4-3-5-11(14)12(10)15/h3-8,13,16H,2H2,1H3. The predicted octanol–water partition coefficient (Wildman–Crippen LogP) is 4.24. The van der Waals surface area contributed by atoms with Gasteiger partial charge in [-0.15, -0.1) is 0 Å². The van der Waals surface area contributed by atoms with Gasteiger partial charge in [-0.1, -0.05) is 30.7 Å². The molecule has 0 aliphatic rings. The second kappa shape index (κ2) is 5.63. The Morgan fingerprint density at radius 3 is 2.88 bits per heavy atom. The second-order valence-corrected chi connectivity index (χ2v) is 4.88. The maximum Gasteiger partial charge on any atom is 0.146 e. The summed E-state index contributed by atoms with van der Waals surface area (Å²) in [6.07, 6.45) is 0. The van der Waals surface area contributed by atoms with E-state index in [0.29, 0.717) is 5.56 Å². The molecule has 1 heterocycles. The van der Waals surface area contributed by atoms with Crippen LogP contribution in [-0.2, 0) is 0 Å². The largest absolute Gasteiger partial charge is 0.306 e. The fourth-order valence-electron chi connectivity index (χ4n) is 1.79. The molecule has 1 nitrogen and oxygen atoms in total. The molecule has 0 aliphatic heterocycles. The molecule has 1 aromatic carbocycles. The lowest BCUT2D eigenvalue weighted by molar-refractivity contribution is 0.560. The Kier molecular flexibility index (Phi) is 4.15. The van der Waals surface area contributed by atoms with E-state index in [9.17, 15) is 4.39 Å². The van der Waals surface area contributed by atoms with E-state index in [0.717, 1.165) is 12.1 Å². The molecule has 0 saturated carbocycles. The summed E-state index contributed by atoms with van der Waals surface area (Å²) in [6.45, 7) is 2.77. The van der Waals surface area contributed by atoms with Crippen molar-refractivity contribution in [2.75, 3.05) is 6.54 Å². The zero-order valence-corrected chi connectivity index (χ0v) is 11.0. The van der Waals surface area contributed by atoms with Crippen LogP contribution in [-0.4, -0.2) is 6.54 Å². The first-order valence-corrected chi connectivity index (χ1v) is 6.75. The number of benzene rings is 1. The number of hydrogen-bond acceptors (Lipinski definition) is 2. The molecular weight excluding hydrogens is 257 g/mol. The van der Waals surface area contributed by atoms with E-state index in [2.05, 4.69) is 5.32 Å². The van der Waals surface area contributed by atoms with Crippen molar-refractivity contribution in [1.82, 2.24) is 5.32 Å². The Morgan fingerprint density at radius 2 is 2.24 bits per heavy atom. The lowest BCUT2D eigenvalue weighted by Crippen LogP contribution is -2.22. The average molecular weight is 270 g/mol. The van der Waals surface area contributed by atoms with Gasteiger partial charge in [0.1, 0.15) is 5.82 Å². The van der Waals surface area contributed by atoms with Gasteiger partial charge in [0, 0.05) is 5.56 Å². The first kappa shape index (κ1) is 12.6. The highest BCUT2D eigenvalue weighted by Gasteiger charge is 2.18. The van der Waals surface area contributed by atoms with E-state index < -0.39 is 0 Å². The molecule has 0 radical (unpaired) electrons. The Morgan fingerprint density at radius 1 is 1.41 bits per heavy atom. The third kappa shape index (κ3) is 2.68. The van der Waals surface area contributed by atoms with Gasteiger partial charge in [-0.2, -0.15) is 11.3 Å². The predicted molar refractivity (Wildman–Crippen MR) is 71.2 cm³/mol. The summed E-state index contributed by atoms with van der Waals surface area (Å²) in [6, 6.07) is 6.98. The molecule has 0 spiro atoms. The minimum atomic E-state index is -0.341. The van der Waals surface area contributed by atoms with Crippen LogP contribution in [0.4, 0.5) is 4.39 Å². The molecule has 1 aromatic heterocycles. The van der Waals surface area contributed by atoms with E-state index in [1.807, 2.05) is 23.8 Å². The Hall–Kier alpha value is -0.900. The number of nitrogens with one attached hydrogen (secondary N) is 1. The maximum atomic E-state index is 14.0. The average Bonchev–Trinajstić information content (AvgIpc) is 2.84. The lowest BCUT2D eigenvalue weighted by Gasteiger charge is -2.18. The topological polar surface area (TPSA) is 12.0 Å². The van der Waals surface area contributed by atoms with Crippen LogP contribution >= 0.6 is 22.9 Å². The van der Waals surface area contributed by atoms with Crippen LogP contribution < -0.4 is 5.32 Å². The van der Waals surface area contributed by atoms with Crippen LogP contribution in [0.1, 0.15) is 24.1 Å². The molecular formula is C13H13ClFNS. The maximum absolute atomic E-state index is 14.0. The van der Waals surface area contributed by atoms with Crippen molar-refractivity contribution < 1.29 is 4.39 Å². The van der Waals surface area contributed by atoms with Crippen molar-refractivity contribution >= 4 is 22.9 Å². The van der Waals surface area contributed by atoms with E-state index in [1.54, 1.807) is 29.5 Å². The number of rotatable bonds is 4. The second-order valence-electron chi connectivity index (χ2n) is 3.69. The molecule has 0 fully saturated rings. The summed E-state index contributed by atoms with van der Waals surface area (Å²) in [4.78, 5) is 0. The summed E-state index contributed by atoms with van der Waals surface area (Å²) >= 11 is 7.42. The van der Waals surface area contributed by atoms with Gasteiger partial charge in [-0.3, -0.25) is 0 Å². The third-order valence-electron chi connectivity index (χ3n) is 2.58. The van der Waals surface area contributed by atoms with Crippen molar-refractivity contribution in [3.63, 3.8) is 0 Å². The van der Waals surface area contributed by atoms with E-state index in [1.165, 1.54) is 0 Å². The van der Waals surface area contributed by atoms with Crippen molar-refractivity contribution in [1.29, 1.82) is 0 Å². The fourth-order valence-corrected chi connectivity index (χ4v) is 2.66. The van der Waals surface area contributed by atoms with Crippen LogP contribution in [0, 0.1) is 5.82 Å². The van der Waals surface area contributed by atoms with Gasteiger partial charge in [0.15, 0.2) is 0 Å². The minimum Gasteiger partial charge on any atom is -0.306 e. The van der Waals surface area contributed by atoms with Crippen molar-refractivity contribution in [2.45, 2.75) is 13.0 Å². The van der Waals surface area contributed by atoms with Crippen molar-refractivity contribution in [2.24, 2.45) is 0 Å². The molecule has 0 saturated heterocycles. The normalized spacial score (nSPS) is 12.6. The van der Waals surface area contributed by atoms with Crippen LogP contribution in [0.3, 0.4) is 0 Å². The lowest BCUT2D eigenvalue weighted by atomic mass is 10.0. The van der Waals surface area contributed by atoms with E-state index in [-0.39, 0.29) is 16.9 Å². The van der Waals surface area contributed by atoms with Crippen LogP contribution in [0.5, 0.6) is 0 Å². The van der Waals surface area contributed by atoms with Crippen LogP contribution in [0.25, 0.3) is 0 Å². The molecule has 17 heavy (non-hydrogen) atoms. The van der Waals surface area contributed by atoms with Crippen LogP contribution in [0.15, 0.2) is 35.0 Å². The molecule has 0 aliphatic carbocycles. The highest BCUT2D eigenvalue weighted by atomic mass is 35.5.